The van der Waals surface area contributed by atoms with Crippen LogP contribution in [0.5, 0.6) is 0 Å². The molecule has 20 heteroatoms. The molecule has 3 heterocycles. The van der Waals surface area contributed by atoms with Gasteiger partial charge in [0.1, 0.15) is 41.9 Å². The van der Waals surface area contributed by atoms with Crippen molar-refractivity contribution in [2.24, 2.45) is 0 Å². The van der Waals surface area contributed by atoms with Crippen LogP contribution in [0, 0.1) is 0 Å². The molecule has 0 spiro atoms. The van der Waals surface area contributed by atoms with E-state index in [9.17, 15) is 19.2 Å². The highest BCUT2D eigenvalue weighted by Gasteiger charge is 2.29. The lowest BCUT2D eigenvalue weighted by Crippen LogP contribution is -2.35. The smallest absolute Gasteiger partial charge is 0.408 e. The summed E-state index contributed by atoms with van der Waals surface area (Å²) >= 11 is 0. The molecular weight excluding hydrogens is 957 g/mol. The molecule has 0 bridgehead atoms. The fraction of sp³-hybridized carbons (Fsp3) is 0.382. The van der Waals surface area contributed by atoms with Crippen LogP contribution in [0.4, 0.5) is 14.4 Å². The van der Waals surface area contributed by atoms with Crippen molar-refractivity contribution < 1.29 is 38.1 Å². The van der Waals surface area contributed by atoms with Crippen molar-refractivity contribution in [3.05, 3.63) is 179 Å². The third kappa shape index (κ3) is 17.4. The van der Waals surface area contributed by atoms with E-state index >= 15 is 0 Å². The zero-order valence-corrected chi connectivity index (χ0v) is 42.9. The Bertz CT molecular complexity index is 2840. The normalized spacial score (nSPS) is 12.9. The Balaban J connectivity index is 1.11. The van der Waals surface area contributed by atoms with Crippen LogP contribution in [-0.4, -0.2) is 95.0 Å². The number of benzene rings is 4. The van der Waals surface area contributed by atoms with Crippen LogP contribution < -0.4 is 16.0 Å². The van der Waals surface area contributed by atoms with Gasteiger partial charge in [-0.3, -0.25) is 0 Å². The Kier molecular flexibility index (Phi) is 20.0. The van der Waals surface area contributed by atoms with Gasteiger partial charge in [-0.1, -0.05) is 137 Å². The summed E-state index contributed by atoms with van der Waals surface area (Å²) in [6.45, 7) is 6.41. The van der Waals surface area contributed by atoms with Crippen LogP contribution in [-0.2, 0) is 49.8 Å². The molecule has 0 unspecified atom stereocenters. The lowest BCUT2D eigenvalue weighted by Gasteiger charge is -2.23. The topological polar surface area (TPSA) is 233 Å². The van der Waals surface area contributed by atoms with E-state index in [1.165, 1.54) is 11.8 Å². The molecule has 3 amide bonds. The van der Waals surface area contributed by atoms with E-state index in [0.717, 1.165) is 22.3 Å². The lowest BCUT2D eigenvalue weighted by molar-refractivity contribution is -0.145. The molecule has 4 aromatic carbocycles. The zero-order valence-electron chi connectivity index (χ0n) is 42.9. The second-order valence-corrected chi connectivity index (χ2v) is 19.0. The van der Waals surface area contributed by atoms with Gasteiger partial charge in [0, 0.05) is 25.9 Å². The number of amides is 3. The summed E-state index contributed by atoms with van der Waals surface area (Å²) in [5.74, 6) is -0.454. The Morgan fingerprint density at radius 3 is 1.49 bits per heavy atom. The van der Waals surface area contributed by atoms with E-state index in [2.05, 4.69) is 41.8 Å². The molecule has 7 aromatic rings. The summed E-state index contributed by atoms with van der Waals surface area (Å²) in [4.78, 5) is 51.5. The molecule has 7 rings (SSSR count). The molecule has 0 fully saturated rings. The van der Waals surface area contributed by atoms with Gasteiger partial charge in [0.15, 0.2) is 6.04 Å². The first-order valence-corrected chi connectivity index (χ1v) is 25.2. The van der Waals surface area contributed by atoms with Crippen LogP contribution in [0.25, 0.3) is 0 Å². The molecule has 3 N–H and O–H groups in total. The van der Waals surface area contributed by atoms with Gasteiger partial charge < -0.3 is 34.9 Å². The molecule has 4 atom stereocenters. The van der Waals surface area contributed by atoms with Gasteiger partial charge in [-0.25, -0.2) is 33.2 Å². The van der Waals surface area contributed by atoms with Gasteiger partial charge in [-0.15, -0.1) is 15.3 Å². The molecule has 0 saturated carbocycles. The Morgan fingerprint density at radius 1 is 0.520 bits per heavy atom. The molecule has 0 aliphatic heterocycles. The predicted octanol–water partition coefficient (Wildman–Crippen LogP) is 8.60. The number of nitrogens with zero attached hydrogens (tertiary/aromatic N) is 9. The monoisotopic (exact) mass is 1020 g/mol. The maximum Gasteiger partial charge on any atom is 0.408 e. The second kappa shape index (κ2) is 27.6. The number of carbonyl (C=O) groups excluding carboxylic acids is 4. The molecular formula is C55H66N12O8. The summed E-state index contributed by atoms with van der Waals surface area (Å²) in [5.41, 5.74) is 4.59. The highest BCUT2D eigenvalue weighted by molar-refractivity contribution is 5.74. The first-order chi connectivity index (χ1) is 36.4. The van der Waals surface area contributed by atoms with Crippen LogP contribution in [0.2, 0.25) is 0 Å². The van der Waals surface area contributed by atoms with E-state index in [0.29, 0.717) is 81.5 Å². The number of aromatic nitrogens is 9. The van der Waals surface area contributed by atoms with E-state index < -0.39 is 54.0 Å². The highest BCUT2D eigenvalue weighted by Crippen LogP contribution is 2.28. The van der Waals surface area contributed by atoms with E-state index in [1.54, 1.807) is 42.5 Å². The number of esters is 1. The minimum absolute atomic E-state index is 0.157. The van der Waals surface area contributed by atoms with Crippen molar-refractivity contribution in [1.29, 1.82) is 0 Å². The highest BCUT2D eigenvalue weighted by atomic mass is 16.6. The average molecular weight is 1020 g/mol. The minimum Gasteiger partial charge on any atom is -0.467 e. The van der Waals surface area contributed by atoms with Crippen LogP contribution >= 0.6 is 0 Å². The molecule has 0 aliphatic carbocycles. The zero-order chi connectivity index (χ0) is 52.8. The van der Waals surface area contributed by atoms with E-state index in [1.807, 2.05) is 128 Å². The van der Waals surface area contributed by atoms with Gasteiger partial charge in [0.05, 0.1) is 37.8 Å². The van der Waals surface area contributed by atoms with Gasteiger partial charge >= 0.3 is 24.2 Å². The van der Waals surface area contributed by atoms with Crippen molar-refractivity contribution >= 4 is 24.2 Å². The summed E-state index contributed by atoms with van der Waals surface area (Å²) in [6, 6.07) is 36.1. The van der Waals surface area contributed by atoms with Crippen molar-refractivity contribution in [1.82, 2.24) is 60.9 Å². The number of hydrogen-bond acceptors (Lipinski definition) is 14. The van der Waals surface area contributed by atoms with Crippen molar-refractivity contribution in [3.63, 3.8) is 0 Å². The summed E-state index contributed by atoms with van der Waals surface area (Å²) in [5, 5.41) is 36.3. The predicted molar refractivity (Wildman–Crippen MR) is 277 cm³/mol. The molecule has 3 aromatic heterocycles. The summed E-state index contributed by atoms with van der Waals surface area (Å²) in [6.07, 6.45) is 7.96. The standard InChI is InChI=1S/C55H66N12O8/c1-55(2,3)75-54(71)58-44(29-17-19-31-56-52(69)73-38-42-25-13-7-14-26-42)45-35-65(62-59-45)48(30-18-20-32-57-53(70)74-39-43-27-15-8-16-28-43)46-36-66(63-60-46)49(33-40-21-9-5-10-22-40)47-37-67(64-61-47)50(51(68)72-4)34-41-23-11-6-12-24-41/h5-16,21-28,35-37,44,48-50H,17-20,29-34,38-39H2,1-4H3,(H,56,69)(H,57,70)(H,58,71)/t44-,48-,49-,50-/m0/s1. The molecule has 75 heavy (non-hydrogen) atoms. The fourth-order valence-corrected chi connectivity index (χ4v) is 8.25. The van der Waals surface area contributed by atoms with Crippen molar-refractivity contribution in [2.75, 3.05) is 20.2 Å². The van der Waals surface area contributed by atoms with Gasteiger partial charge in [0.25, 0.3) is 0 Å². The first kappa shape index (κ1) is 54.4. The fourth-order valence-electron chi connectivity index (χ4n) is 8.25. The number of unbranched alkanes of at least 4 members (excludes halogenated alkanes) is 2. The molecule has 0 radical (unpaired) electrons. The number of alkyl carbamates (subject to hydrolysis) is 3. The number of methoxy groups -OCH3 is 1. The Labute approximate surface area is 436 Å². The van der Waals surface area contributed by atoms with Crippen molar-refractivity contribution in [3.8, 4) is 0 Å². The maximum absolute atomic E-state index is 13.3. The second-order valence-electron chi connectivity index (χ2n) is 19.0. The first-order valence-electron chi connectivity index (χ1n) is 25.2. The maximum atomic E-state index is 13.3. The van der Waals surface area contributed by atoms with Gasteiger partial charge in [0.2, 0.25) is 0 Å². The van der Waals surface area contributed by atoms with Crippen LogP contribution in [0.15, 0.2) is 140 Å². The third-order valence-corrected chi connectivity index (χ3v) is 12.1. The Hall–Kier alpha value is -8.42. The molecule has 0 aliphatic rings. The van der Waals surface area contributed by atoms with Gasteiger partial charge in [-0.05, 0) is 81.5 Å². The van der Waals surface area contributed by atoms with Crippen molar-refractivity contribution in [2.45, 2.75) is 115 Å². The van der Waals surface area contributed by atoms with Gasteiger partial charge in [-0.2, -0.15) is 0 Å². The largest absolute Gasteiger partial charge is 0.467 e. The molecule has 20 nitrogen and oxygen atoms in total. The Morgan fingerprint density at radius 2 is 0.960 bits per heavy atom. The summed E-state index contributed by atoms with van der Waals surface area (Å²) in [7, 11) is 1.35. The molecule has 394 valence electrons. The lowest BCUT2D eigenvalue weighted by atomic mass is 10.0. The van der Waals surface area contributed by atoms with E-state index in [4.69, 9.17) is 24.0 Å². The van der Waals surface area contributed by atoms with Crippen LogP contribution in [0.1, 0.15) is 123 Å². The number of ether oxygens (including phenoxy) is 4. The number of rotatable bonds is 26. The number of carbonyl (C=O) groups is 4. The SMILES string of the molecule is COC(=O)[C@H](Cc1ccccc1)n1cc([C@H](Cc2ccccc2)n2cc([C@H](CCCCNC(=O)OCc3ccccc3)n3cc([C@H](CCCCNC(=O)OCc4ccccc4)NC(=O)OC(C)(C)C)nn3)nn2)nn1. The van der Waals surface area contributed by atoms with Crippen LogP contribution in [0.3, 0.4) is 0 Å². The summed E-state index contributed by atoms with van der Waals surface area (Å²) < 4.78 is 26.7. The number of nitrogens with one attached hydrogen (secondary N) is 3. The molecule has 0 saturated heterocycles. The number of hydrogen-bond donors (Lipinski definition) is 3. The third-order valence-electron chi connectivity index (χ3n) is 12.1. The van der Waals surface area contributed by atoms with E-state index in [-0.39, 0.29) is 13.2 Å². The average Bonchev–Trinajstić information content (AvgIpc) is 4.23. The minimum atomic E-state index is -0.771. The quantitative estimate of drug-likeness (QED) is 0.0262.